The summed E-state index contributed by atoms with van der Waals surface area (Å²) in [4.78, 5) is 35.1. The molecule has 0 aromatic heterocycles. The number of carbonyl (C=O) groups is 2. The molecule has 2 rings (SSSR count). The smallest absolute Gasteiger partial charge is 0.306 e. The molecule has 1 aromatic rings. The van der Waals surface area contributed by atoms with E-state index in [0.29, 0.717) is 12.8 Å². The van der Waals surface area contributed by atoms with Crippen LogP contribution < -0.4 is 0 Å². The highest BCUT2D eigenvalue weighted by Gasteiger charge is 2.31. The molecule has 1 fully saturated rings. The largest absolute Gasteiger partial charge is 0.481 e. The summed E-state index contributed by atoms with van der Waals surface area (Å²) in [6, 6.07) is 4.06. The zero-order valence-corrected chi connectivity index (χ0v) is 11.7. The van der Waals surface area contributed by atoms with Crippen LogP contribution in [0.15, 0.2) is 18.2 Å². The lowest BCUT2D eigenvalue weighted by Crippen LogP contribution is -2.40. The van der Waals surface area contributed by atoms with Crippen molar-refractivity contribution >= 4 is 29.2 Å². The van der Waals surface area contributed by atoms with E-state index in [1.807, 2.05) is 0 Å². The molecular formula is C13H13ClN2O5. The van der Waals surface area contributed by atoms with E-state index in [-0.39, 0.29) is 29.4 Å². The second-order valence-corrected chi connectivity index (χ2v) is 5.20. The van der Waals surface area contributed by atoms with Crippen molar-refractivity contribution in [2.24, 2.45) is 5.92 Å². The number of amides is 1. The number of hydrogen-bond acceptors (Lipinski definition) is 4. The predicted octanol–water partition coefficient (Wildman–Crippen LogP) is 2.18. The van der Waals surface area contributed by atoms with Gasteiger partial charge in [0.2, 0.25) is 0 Å². The van der Waals surface area contributed by atoms with Crippen molar-refractivity contribution in [1.82, 2.24) is 4.90 Å². The van der Waals surface area contributed by atoms with Gasteiger partial charge in [-0.3, -0.25) is 19.7 Å². The zero-order valence-electron chi connectivity index (χ0n) is 11.0. The molecule has 0 aliphatic carbocycles. The van der Waals surface area contributed by atoms with E-state index in [0.717, 1.165) is 0 Å². The van der Waals surface area contributed by atoms with Crippen molar-refractivity contribution in [1.29, 1.82) is 0 Å². The normalized spacial score (nSPS) is 15.8. The van der Waals surface area contributed by atoms with Gasteiger partial charge in [-0.15, -0.1) is 0 Å². The number of nitro groups is 1. The van der Waals surface area contributed by atoms with Gasteiger partial charge >= 0.3 is 5.97 Å². The van der Waals surface area contributed by atoms with Gasteiger partial charge in [0.25, 0.3) is 11.6 Å². The molecule has 1 heterocycles. The fourth-order valence-electron chi connectivity index (χ4n) is 2.36. The Hall–Kier alpha value is -2.15. The van der Waals surface area contributed by atoms with Gasteiger partial charge in [-0.1, -0.05) is 17.7 Å². The molecule has 1 N–H and O–H groups in total. The third-order valence-corrected chi connectivity index (χ3v) is 3.85. The summed E-state index contributed by atoms with van der Waals surface area (Å²) in [6.45, 7) is 0.496. The number of nitrogens with zero attached hydrogens (tertiary/aromatic N) is 2. The van der Waals surface area contributed by atoms with E-state index in [1.54, 1.807) is 0 Å². The van der Waals surface area contributed by atoms with Crippen LogP contribution in [0.25, 0.3) is 0 Å². The molecule has 0 bridgehead atoms. The predicted molar refractivity (Wildman–Crippen MR) is 74.4 cm³/mol. The summed E-state index contributed by atoms with van der Waals surface area (Å²) in [5, 5.41) is 20.0. The first-order chi connectivity index (χ1) is 9.91. The van der Waals surface area contributed by atoms with Crippen LogP contribution in [0.2, 0.25) is 5.02 Å². The van der Waals surface area contributed by atoms with E-state index < -0.39 is 22.7 Å². The minimum atomic E-state index is -0.883. The monoisotopic (exact) mass is 312 g/mol. The van der Waals surface area contributed by atoms with Gasteiger partial charge in [0.15, 0.2) is 0 Å². The highest BCUT2D eigenvalue weighted by Crippen LogP contribution is 2.29. The van der Waals surface area contributed by atoms with Gasteiger partial charge in [0, 0.05) is 19.2 Å². The highest BCUT2D eigenvalue weighted by atomic mass is 35.5. The van der Waals surface area contributed by atoms with Crippen LogP contribution in [-0.4, -0.2) is 39.9 Å². The second kappa shape index (κ2) is 6.09. The van der Waals surface area contributed by atoms with Gasteiger partial charge in [0.05, 0.1) is 15.9 Å². The lowest BCUT2D eigenvalue weighted by molar-refractivity contribution is -0.385. The van der Waals surface area contributed by atoms with E-state index in [1.165, 1.54) is 23.1 Å². The first kappa shape index (κ1) is 15.2. The van der Waals surface area contributed by atoms with Crippen molar-refractivity contribution < 1.29 is 19.6 Å². The first-order valence-corrected chi connectivity index (χ1v) is 6.74. The van der Waals surface area contributed by atoms with Crippen molar-refractivity contribution in [3.63, 3.8) is 0 Å². The average molecular weight is 313 g/mol. The molecular weight excluding hydrogens is 300 g/mol. The minimum Gasteiger partial charge on any atom is -0.481 e. The van der Waals surface area contributed by atoms with Crippen molar-refractivity contribution in [3.8, 4) is 0 Å². The second-order valence-electron chi connectivity index (χ2n) is 4.80. The number of halogens is 1. The Morgan fingerprint density at radius 2 is 1.95 bits per heavy atom. The van der Waals surface area contributed by atoms with E-state index in [4.69, 9.17) is 16.7 Å². The van der Waals surface area contributed by atoms with E-state index >= 15 is 0 Å². The molecule has 0 unspecified atom stereocenters. The Morgan fingerprint density at radius 3 is 2.48 bits per heavy atom. The minimum absolute atomic E-state index is 0.0227. The van der Waals surface area contributed by atoms with Gasteiger partial charge in [-0.05, 0) is 18.9 Å². The molecule has 0 saturated carbocycles. The summed E-state index contributed by atoms with van der Waals surface area (Å²) >= 11 is 5.92. The summed E-state index contributed by atoms with van der Waals surface area (Å²) < 4.78 is 0. The van der Waals surface area contributed by atoms with E-state index in [9.17, 15) is 19.7 Å². The summed E-state index contributed by atoms with van der Waals surface area (Å²) in [5.74, 6) is -1.89. The van der Waals surface area contributed by atoms with Crippen LogP contribution in [0.3, 0.4) is 0 Å². The molecule has 7 nitrogen and oxygen atoms in total. The molecule has 21 heavy (non-hydrogen) atoms. The number of carboxylic acid groups (broad SMARTS) is 1. The fourth-order valence-corrected chi connectivity index (χ4v) is 2.61. The first-order valence-electron chi connectivity index (χ1n) is 6.36. The van der Waals surface area contributed by atoms with Crippen molar-refractivity contribution in [3.05, 3.63) is 38.9 Å². The van der Waals surface area contributed by atoms with Gasteiger partial charge in [-0.2, -0.15) is 0 Å². The van der Waals surface area contributed by atoms with Crippen LogP contribution in [-0.2, 0) is 4.79 Å². The zero-order chi connectivity index (χ0) is 15.6. The summed E-state index contributed by atoms with van der Waals surface area (Å²) in [6.07, 6.45) is 0.665. The molecule has 1 saturated heterocycles. The van der Waals surface area contributed by atoms with E-state index in [2.05, 4.69) is 0 Å². The molecule has 1 aliphatic heterocycles. The number of benzene rings is 1. The lowest BCUT2D eigenvalue weighted by Gasteiger charge is -2.30. The number of piperidine rings is 1. The number of hydrogen-bond donors (Lipinski definition) is 1. The molecule has 0 atom stereocenters. The average Bonchev–Trinajstić information content (AvgIpc) is 2.46. The number of likely N-dealkylation sites (tertiary alicyclic amines) is 1. The maximum absolute atomic E-state index is 12.4. The highest BCUT2D eigenvalue weighted by molar-refractivity contribution is 6.34. The Morgan fingerprint density at radius 1 is 1.33 bits per heavy atom. The molecule has 8 heteroatoms. The van der Waals surface area contributed by atoms with Gasteiger partial charge in [-0.25, -0.2) is 0 Å². The SMILES string of the molecule is O=C(O)C1CCN(C(=O)c2c(Cl)cccc2[N+](=O)[O-])CC1. The maximum Gasteiger partial charge on any atom is 0.306 e. The molecule has 1 aliphatic rings. The third kappa shape index (κ3) is 3.13. The van der Waals surface area contributed by atoms with Crippen molar-refractivity contribution in [2.75, 3.05) is 13.1 Å². The number of carboxylic acids is 1. The molecule has 112 valence electrons. The maximum atomic E-state index is 12.4. The van der Waals surface area contributed by atoms with Crippen LogP contribution in [0, 0.1) is 16.0 Å². The van der Waals surface area contributed by atoms with Crippen LogP contribution in [0.4, 0.5) is 5.69 Å². The fraction of sp³-hybridized carbons (Fsp3) is 0.385. The number of carbonyl (C=O) groups excluding carboxylic acids is 1. The summed E-state index contributed by atoms with van der Waals surface area (Å²) in [5.41, 5.74) is -0.481. The number of aliphatic carboxylic acids is 1. The quantitative estimate of drug-likeness (QED) is 0.681. The Bertz CT molecular complexity index is 596. The van der Waals surface area contributed by atoms with Crippen molar-refractivity contribution in [2.45, 2.75) is 12.8 Å². The third-order valence-electron chi connectivity index (χ3n) is 3.53. The Labute approximate surface area is 125 Å². The van der Waals surface area contributed by atoms with Crippen LogP contribution in [0.5, 0.6) is 0 Å². The number of nitro benzene ring substituents is 1. The van der Waals surface area contributed by atoms with Gasteiger partial charge < -0.3 is 10.0 Å². The van der Waals surface area contributed by atoms with Gasteiger partial charge in [0.1, 0.15) is 5.56 Å². The van der Waals surface area contributed by atoms with Crippen LogP contribution in [0.1, 0.15) is 23.2 Å². The summed E-state index contributed by atoms with van der Waals surface area (Å²) in [7, 11) is 0. The topological polar surface area (TPSA) is 101 Å². The molecule has 0 spiro atoms. The Kier molecular flexibility index (Phi) is 4.42. The molecule has 1 aromatic carbocycles. The molecule has 0 radical (unpaired) electrons. The molecule has 1 amide bonds. The Balaban J connectivity index is 2.22. The lowest BCUT2D eigenvalue weighted by atomic mass is 9.96. The van der Waals surface area contributed by atoms with Crippen LogP contribution >= 0.6 is 11.6 Å². The standard InChI is InChI=1S/C13H13ClN2O5/c14-9-2-1-3-10(16(20)21)11(9)12(17)15-6-4-8(5-7-15)13(18)19/h1-3,8H,4-7H2,(H,18,19). The number of rotatable bonds is 3.